The Morgan fingerprint density at radius 2 is 1.78 bits per heavy atom. The largest absolute Gasteiger partial charge is 0.507 e. The molecule has 0 aromatic heterocycles. The fraction of sp³-hybridized carbons (Fsp3) is 0. The molecule has 0 fully saturated rings. The average Bonchev–Trinajstić information content (AvgIpc) is 2.33. The van der Waals surface area contributed by atoms with Gasteiger partial charge in [0.05, 0.1) is 10.5 Å². The van der Waals surface area contributed by atoms with Crippen LogP contribution in [0.2, 0.25) is 5.02 Å². The number of hydrogen-bond acceptors (Lipinski definition) is 3. The predicted molar refractivity (Wildman–Crippen MR) is 70.6 cm³/mol. The first kappa shape index (κ1) is 12.8. The van der Waals surface area contributed by atoms with E-state index >= 15 is 0 Å². The molecule has 0 atom stereocenters. The van der Waals surface area contributed by atoms with Gasteiger partial charge in [-0.1, -0.05) is 23.4 Å². The topological polar surface area (TPSA) is 57.5 Å². The average molecular weight is 281 g/mol. The number of phenolic OH excluding ortho intramolecular Hbond substituents is 1. The van der Waals surface area contributed by atoms with Crippen LogP contribution in [0.15, 0.2) is 52.3 Å². The van der Waals surface area contributed by atoms with Crippen LogP contribution in [0.1, 0.15) is 10.4 Å². The Bertz CT molecular complexity index is 581. The van der Waals surface area contributed by atoms with E-state index in [9.17, 15) is 9.90 Å². The number of carboxylic acid groups (broad SMARTS) is 1. The second-order valence-electron chi connectivity index (χ2n) is 3.54. The zero-order valence-corrected chi connectivity index (χ0v) is 10.7. The van der Waals surface area contributed by atoms with E-state index in [4.69, 9.17) is 16.7 Å². The molecule has 0 amide bonds. The van der Waals surface area contributed by atoms with E-state index < -0.39 is 5.97 Å². The minimum absolute atomic E-state index is 0.106. The first-order valence-corrected chi connectivity index (χ1v) is 6.25. The normalized spacial score (nSPS) is 10.3. The molecule has 0 bridgehead atoms. The molecule has 0 saturated heterocycles. The molecule has 18 heavy (non-hydrogen) atoms. The molecule has 0 radical (unpaired) electrons. The monoisotopic (exact) mass is 280 g/mol. The quantitative estimate of drug-likeness (QED) is 0.895. The molecule has 2 rings (SSSR count). The lowest BCUT2D eigenvalue weighted by molar-refractivity contribution is 0.0697. The van der Waals surface area contributed by atoms with Crippen LogP contribution in [0.3, 0.4) is 0 Å². The Hall–Kier alpha value is -1.65. The van der Waals surface area contributed by atoms with Crippen LogP contribution in [-0.4, -0.2) is 16.2 Å². The van der Waals surface area contributed by atoms with Gasteiger partial charge in [0.1, 0.15) is 5.75 Å². The predicted octanol–water partition coefficient (Wildman–Crippen LogP) is 3.90. The third-order valence-electron chi connectivity index (χ3n) is 2.25. The second-order valence-corrected chi connectivity index (χ2v) is 5.10. The summed E-state index contributed by atoms with van der Waals surface area (Å²) in [6, 6.07) is 11.3. The van der Waals surface area contributed by atoms with Crippen LogP contribution in [0, 0.1) is 0 Å². The first-order valence-electron chi connectivity index (χ1n) is 5.06. The Balaban J connectivity index is 2.21. The van der Waals surface area contributed by atoms with Gasteiger partial charge in [0.2, 0.25) is 0 Å². The van der Waals surface area contributed by atoms with Crippen molar-refractivity contribution in [3.8, 4) is 5.75 Å². The maximum atomic E-state index is 10.7. The molecule has 2 aromatic rings. The summed E-state index contributed by atoms with van der Waals surface area (Å²) >= 11 is 7.08. The molecule has 0 spiro atoms. The van der Waals surface area contributed by atoms with Gasteiger partial charge in [-0.15, -0.1) is 0 Å². The summed E-state index contributed by atoms with van der Waals surface area (Å²) < 4.78 is 0. The maximum absolute atomic E-state index is 10.7. The van der Waals surface area contributed by atoms with E-state index in [1.54, 1.807) is 24.3 Å². The van der Waals surface area contributed by atoms with Crippen LogP contribution in [0.4, 0.5) is 0 Å². The van der Waals surface area contributed by atoms with Gasteiger partial charge in [-0.05, 0) is 42.5 Å². The van der Waals surface area contributed by atoms with Crippen LogP contribution >= 0.6 is 23.4 Å². The van der Waals surface area contributed by atoms with E-state index in [1.165, 1.54) is 30.0 Å². The van der Waals surface area contributed by atoms with Crippen LogP contribution in [0.25, 0.3) is 0 Å². The number of rotatable bonds is 3. The number of benzene rings is 2. The fourth-order valence-electron chi connectivity index (χ4n) is 1.37. The first-order chi connectivity index (χ1) is 8.56. The third-order valence-corrected chi connectivity index (χ3v) is 3.56. The molecule has 0 saturated carbocycles. The minimum Gasteiger partial charge on any atom is -0.507 e. The summed E-state index contributed by atoms with van der Waals surface area (Å²) in [5.41, 5.74) is 0.236. The standard InChI is InChI=1S/C13H9ClO3S/c14-9-3-6-12(11(15)7-9)18-10-4-1-8(2-5-10)13(16)17/h1-7,15H,(H,16,17). The maximum Gasteiger partial charge on any atom is 0.335 e. The van der Waals surface area contributed by atoms with Gasteiger partial charge < -0.3 is 10.2 Å². The highest BCUT2D eigenvalue weighted by Gasteiger charge is 2.06. The van der Waals surface area contributed by atoms with Crippen molar-refractivity contribution in [2.75, 3.05) is 0 Å². The van der Waals surface area contributed by atoms with Gasteiger partial charge >= 0.3 is 5.97 Å². The molecule has 3 nitrogen and oxygen atoms in total. The van der Waals surface area contributed by atoms with E-state index in [0.29, 0.717) is 9.92 Å². The van der Waals surface area contributed by atoms with Crippen molar-refractivity contribution in [1.82, 2.24) is 0 Å². The molecular weight excluding hydrogens is 272 g/mol. The Morgan fingerprint density at radius 1 is 1.11 bits per heavy atom. The summed E-state index contributed by atoms with van der Waals surface area (Å²) in [7, 11) is 0. The Labute approximate surface area is 113 Å². The third kappa shape index (κ3) is 2.97. The highest BCUT2D eigenvalue weighted by molar-refractivity contribution is 7.99. The number of aromatic hydroxyl groups is 1. The van der Waals surface area contributed by atoms with Gasteiger partial charge in [-0.25, -0.2) is 4.79 Å². The summed E-state index contributed by atoms with van der Waals surface area (Å²) in [4.78, 5) is 12.2. The SMILES string of the molecule is O=C(O)c1ccc(Sc2ccc(Cl)cc2O)cc1. The van der Waals surface area contributed by atoms with Crippen molar-refractivity contribution in [1.29, 1.82) is 0 Å². The van der Waals surface area contributed by atoms with Crippen molar-refractivity contribution in [2.45, 2.75) is 9.79 Å². The summed E-state index contributed by atoms with van der Waals surface area (Å²) in [5, 5.41) is 18.9. The molecule has 0 aliphatic heterocycles. The van der Waals surface area contributed by atoms with Crippen LogP contribution < -0.4 is 0 Å². The van der Waals surface area contributed by atoms with Gasteiger partial charge in [-0.3, -0.25) is 0 Å². The molecule has 0 aliphatic rings. The number of aromatic carboxylic acids is 1. The van der Waals surface area contributed by atoms with Crippen molar-refractivity contribution in [3.63, 3.8) is 0 Å². The number of hydrogen-bond donors (Lipinski definition) is 2. The second kappa shape index (κ2) is 5.33. The lowest BCUT2D eigenvalue weighted by Crippen LogP contribution is -1.94. The fourth-order valence-corrected chi connectivity index (χ4v) is 2.36. The molecule has 2 aromatic carbocycles. The van der Waals surface area contributed by atoms with E-state index in [1.807, 2.05) is 0 Å². The zero-order valence-electron chi connectivity index (χ0n) is 9.13. The zero-order chi connectivity index (χ0) is 13.1. The van der Waals surface area contributed by atoms with Gasteiger partial charge in [-0.2, -0.15) is 0 Å². The molecule has 0 aliphatic carbocycles. The minimum atomic E-state index is -0.958. The number of carbonyl (C=O) groups is 1. The van der Waals surface area contributed by atoms with E-state index in [0.717, 1.165) is 4.90 Å². The Morgan fingerprint density at radius 3 is 2.33 bits per heavy atom. The highest BCUT2D eigenvalue weighted by atomic mass is 35.5. The van der Waals surface area contributed by atoms with Crippen molar-refractivity contribution >= 4 is 29.3 Å². The molecular formula is C13H9ClO3S. The van der Waals surface area contributed by atoms with Crippen molar-refractivity contribution in [3.05, 3.63) is 53.1 Å². The number of phenols is 1. The molecule has 0 heterocycles. The molecule has 2 N–H and O–H groups in total. The van der Waals surface area contributed by atoms with Gasteiger partial charge in [0.25, 0.3) is 0 Å². The molecule has 92 valence electrons. The summed E-state index contributed by atoms with van der Waals surface area (Å²) in [6.07, 6.45) is 0. The molecule has 5 heteroatoms. The van der Waals surface area contributed by atoms with Gasteiger partial charge in [0, 0.05) is 9.92 Å². The van der Waals surface area contributed by atoms with Crippen LogP contribution in [-0.2, 0) is 0 Å². The Kier molecular flexibility index (Phi) is 3.79. The summed E-state index contributed by atoms with van der Waals surface area (Å²) in [6.45, 7) is 0. The number of halogens is 1. The van der Waals surface area contributed by atoms with Gasteiger partial charge in [0.15, 0.2) is 0 Å². The lowest BCUT2D eigenvalue weighted by atomic mass is 10.2. The molecule has 0 unspecified atom stereocenters. The van der Waals surface area contributed by atoms with Crippen molar-refractivity contribution in [2.24, 2.45) is 0 Å². The number of carboxylic acids is 1. The summed E-state index contributed by atoms with van der Waals surface area (Å²) in [5.74, 6) is -0.851. The van der Waals surface area contributed by atoms with Crippen LogP contribution in [0.5, 0.6) is 5.75 Å². The highest BCUT2D eigenvalue weighted by Crippen LogP contribution is 2.35. The van der Waals surface area contributed by atoms with E-state index in [2.05, 4.69) is 0 Å². The van der Waals surface area contributed by atoms with E-state index in [-0.39, 0.29) is 11.3 Å². The smallest absolute Gasteiger partial charge is 0.335 e. The van der Waals surface area contributed by atoms with Crippen molar-refractivity contribution < 1.29 is 15.0 Å². The lowest BCUT2D eigenvalue weighted by Gasteiger charge is -2.05.